The molecule has 2 aromatic heterocycles. The van der Waals surface area contributed by atoms with Gasteiger partial charge in [0.15, 0.2) is 5.82 Å². The van der Waals surface area contributed by atoms with Gasteiger partial charge in [0, 0.05) is 50.6 Å². The van der Waals surface area contributed by atoms with Crippen LogP contribution in [0.25, 0.3) is 11.3 Å². The number of hydrogen-bond donors (Lipinski definition) is 2. The summed E-state index contributed by atoms with van der Waals surface area (Å²) in [4.78, 5) is 12.6. The van der Waals surface area contributed by atoms with Crippen molar-refractivity contribution in [3.63, 3.8) is 0 Å². The minimum atomic E-state index is -0.597. The van der Waals surface area contributed by atoms with Crippen LogP contribution in [0.3, 0.4) is 0 Å². The third-order valence-corrected chi connectivity index (χ3v) is 6.78. The zero-order valence-corrected chi connectivity index (χ0v) is 20.1. The number of nitriles is 1. The fourth-order valence-corrected chi connectivity index (χ4v) is 4.56. The molecule has 0 aromatic carbocycles. The van der Waals surface area contributed by atoms with Crippen LogP contribution in [0.2, 0.25) is 0 Å². The molecule has 0 unspecified atom stereocenters. The van der Waals surface area contributed by atoms with Gasteiger partial charge in [-0.3, -0.25) is 0 Å². The molecule has 1 aliphatic carbocycles. The first-order chi connectivity index (χ1) is 17.1. The van der Waals surface area contributed by atoms with Crippen LogP contribution in [0.15, 0.2) is 24.7 Å². The Morgan fingerprint density at radius 1 is 1.14 bits per heavy atom. The smallest absolute Gasteiger partial charge is 0.216 e. The van der Waals surface area contributed by atoms with Gasteiger partial charge < -0.3 is 24.8 Å². The van der Waals surface area contributed by atoms with E-state index in [1.807, 2.05) is 0 Å². The maximum Gasteiger partial charge on any atom is 0.216 e. The van der Waals surface area contributed by atoms with E-state index in [2.05, 4.69) is 31.7 Å². The van der Waals surface area contributed by atoms with Crippen molar-refractivity contribution in [3.8, 4) is 23.2 Å². The molecule has 0 spiro atoms. The second-order valence-corrected chi connectivity index (χ2v) is 9.22. The van der Waals surface area contributed by atoms with Crippen LogP contribution in [-0.2, 0) is 9.47 Å². The van der Waals surface area contributed by atoms with Crippen molar-refractivity contribution in [2.75, 3.05) is 45.4 Å². The third kappa shape index (κ3) is 6.84. The predicted octanol–water partition coefficient (Wildman–Crippen LogP) is 3.34. The maximum atomic E-state index is 14.7. The molecule has 3 heterocycles. The minimum Gasteiger partial charge on any atom is -0.476 e. The number of pyridine rings is 1. The van der Waals surface area contributed by atoms with E-state index in [0.29, 0.717) is 61.7 Å². The van der Waals surface area contributed by atoms with Crippen molar-refractivity contribution in [1.29, 1.82) is 5.26 Å². The Balaban J connectivity index is 1.38. The van der Waals surface area contributed by atoms with Crippen LogP contribution < -0.4 is 15.4 Å². The lowest BCUT2D eigenvalue weighted by Crippen LogP contribution is -2.38. The molecule has 10 heteroatoms. The van der Waals surface area contributed by atoms with Gasteiger partial charge in [0.25, 0.3) is 0 Å². The van der Waals surface area contributed by atoms with Crippen LogP contribution in [0.1, 0.15) is 38.5 Å². The van der Waals surface area contributed by atoms with Crippen LogP contribution in [-0.4, -0.2) is 67.1 Å². The molecule has 0 atom stereocenters. The summed E-state index contributed by atoms with van der Waals surface area (Å²) in [5, 5.41) is 16.6. The number of anilines is 1. The molecular formula is C25H33FN6O3. The molecule has 0 radical (unpaired) electrons. The minimum absolute atomic E-state index is 0.206. The second kappa shape index (κ2) is 12.2. The molecule has 9 nitrogen and oxygen atoms in total. The first-order valence-electron chi connectivity index (χ1n) is 12.2. The lowest BCUT2D eigenvalue weighted by atomic mass is 9.83. The zero-order chi connectivity index (χ0) is 24.5. The monoisotopic (exact) mass is 484 g/mol. The summed E-state index contributed by atoms with van der Waals surface area (Å²) in [6.45, 7) is 2.85. The van der Waals surface area contributed by atoms with E-state index in [1.165, 1.54) is 12.5 Å². The Morgan fingerprint density at radius 2 is 1.91 bits per heavy atom. The van der Waals surface area contributed by atoms with Crippen molar-refractivity contribution in [3.05, 3.63) is 30.5 Å². The lowest BCUT2D eigenvalue weighted by Gasteiger charge is -2.30. The predicted molar refractivity (Wildman–Crippen MR) is 128 cm³/mol. The number of nitrogens with one attached hydrogen (secondary N) is 2. The maximum absolute atomic E-state index is 14.7. The van der Waals surface area contributed by atoms with E-state index in [4.69, 9.17) is 14.2 Å². The Hall–Kier alpha value is -2.87. The molecule has 1 saturated heterocycles. The summed E-state index contributed by atoms with van der Waals surface area (Å²) in [6, 6.07) is 6.44. The molecular weight excluding hydrogens is 451 g/mol. The molecule has 0 amide bonds. The summed E-state index contributed by atoms with van der Waals surface area (Å²) in [7, 11) is 1.71. The van der Waals surface area contributed by atoms with Gasteiger partial charge in [-0.05, 0) is 44.6 Å². The van der Waals surface area contributed by atoms with Gasteiger partial charge in [-0.15, -0.1) is 0 Å². The summed E-state index contributed by atoms with van der Waals surface area (Å²) in [6.07, 6.45) is 7.94. The van der Waals surface area contributed by atoms with Crippen molar-refractivity contribution >= 4 is 5.82 Å². The second-order valence-electron chi connectivity index (χ2n) is 9.22. The Kier molecular flexibility index (Phi) is 8.79. The molecule has 4 rings (SSSR count). The standard InChI is InChI=1S/C25H33FN6O3/c1-33-11-8-28-18-2-4-19(5-3-18)32-23-12-20(21(26)14-29-23)22-13-24(31-17-30-22)35-16-25(15-27)6-9-34-10-7-25/h12-14,17-19,28H,2-11,16H2,1H3,(H,29,32). The van der Waals surface area contributed by atoms with Crippen molar-refractivity contribution in [2.24, 2.45) is 5.41 Å². The third-order valence-electron chi connectivity index (χ3n) is 6.78. The highest BCUT2D eigenvalue weighted by atomic mass is 19.1. The number of nitrogens with zero attached hydrogens (tertiary/aromatic N) is 4. The van der Waals surface area contributed by atoms with Crippen molar-refractivity contribution in [2.45, 2.75) is 50.6 Å². The quantitative estimate of drug-likeness (QED) is 0.490. The van der Waals surface area contributed by atoms with E-state index in [1.54, 1.807) is 19.2 Å². The van der Waals surface area contributed by atoms with Crippen LogP contribution >= 0.6 is 0 Å². The van der Waals surface area contributed by atoms with Crippen LogP contribution in [0.4, 0.5) is 10.2 Å². The highest BCUT2D eigenvalue weighted by Gasteiger charge is 2.34. The summed E-state index contributed by atoms with van der Waals surface area (Å²) < 4.78 is 31.0. The largest absolute Gasteiger partial charge is 0.476 e. The van der Waals surface area contributed by atoms with Crippen LogP contribution in [0.5, 0.6) is 5.88 Å². The van der Waals surface area contributed by atoms with Gasteiger partial charge in [-0.25, -0.2) is 19.3 Å². The molecule has 1 saturated carbocycles. The van der Waals surface area contributed by atoms with Crippen molar-refractivity contribution < 1.29 is 18.6 Å². The van der Waals surface area contributed by atoms with E-state index in [0.717, 1.165) is 32.2 Å². The first kappa shape index (κ1) is 25.2. The number of rotatable bonds is 10. The number of aromatic nitrogens is 3. The number of methoxy groups -OCH3 is 1. The zero-order valence-electron chi connectivity index (χ0n) is 20.1. The summed E-state index contributed by atoms with van der Waals surface area (Å²) in [5.74, 6) is 0.453. The van der Waals surface area contributed by atoms with Gasteiger partial charge in [-0.2, -0.15) is 5.26 Å². The molecule has 2 aromatic rings. The molecule has 35 heavy (non-hydrogen) atoms. The van der Waals surface area contributed by atoms with E-state index >= 15 is 0 Å². The lowest BCUT2D eigenvalue weighted by molar-refractivity contribution is 0.0183. The molecule has 2 N–H and O–H groups in total. The van der Waals surface area contributed by atoms with E-state index < -0.39 is 11.2 Å². The Bertz CT molecular complexity index is 1000. The van der Waals surface area contributed by atoms with Gasteiger partial charge in [0.05, 0.1) is 30.0 Å². The van der Waals surface area contributed by atoms with Gasteiger partial charge in [-0.1, -0.05) is 0 Å². The Morgan fingerprint density at radius 3 is 2.66 bits per heavy atom. The van der Waals surface area contributed by atoms with Gasteiger partial charge in [0.2, 0.25) is 5.88 Å². The molecule has 188 valence electrons. The molecule has 2 fully saturated rings. The number of hydrogen-bond acceptors (Lipinski definition) is 9. The molecule has 1 aliphatic heterocycles. The van der Waals surface area contributed by atoms with E-state index in [-0.39, 0.29) is 12.6 Å². The van der Waals surface area contributed by atoms with Gasteiger partial charge in [0.1, 0.15) is 18.8 Å². The highest BCUT2D eigenvalue weighted by Crippen LogP contribution is 2.31. The topological polar surface area (TPSA) is 114 Å². The highest BCUT2D eigenvalue weighted by molar-refractivity contribution is 5.64. The van der Waals surface area contributed by atoms with Crippen molar-refractivity contribution in [1.82, 2.24) is 20.3 Å². The average Bonchev–Trinajstić information content (AvgIpc) is 2.90. The number of halogens is 1. The molecule has 0 bridgehead atoms. The summed E-state index contributed by atoms with van der Waals surface area (Å²) >= 11 is 0. The Labute approximate surface area is 205 Å². The van der Waals surface area contributed by atoms with Crippen LogP contribution in [0, 0.1) is 22.6 Å². The normalized spacial score (nSPS) is 21.7. The number of ether oxygens (including phenoxy) is 3. The fraction of sp³-hybridized carbons (Fsp3) is 0.600. The average molecular weight is 485 g/mol. The fourth-order valence-electron chi connectivity index (χ4n) is 4.56. The van der Waals surface area contributed by atoms with Gasteiger partial charge >= 0.3 is 0 Å². The molecule has 2 aliphatic rings. The first-order valence-corrected chi connectivity index (χ1v) is 12.2. The van der Waals surface area contributed by atoms with E-state index in [9.17, 15) is 9.65 Å². The summed E-state index contributed by atoms with van der Waals surface area (Å²) in [5.41, 5.74) is 0.133. The SMILES string of the molecule is COCCNC1CCC(Nc2cc(-c3cc(OCC4(C#N)CCOCC4)ncn3)c(F)cn2)CC1.